The van der Waals surface area contributed by atoms with E-state index in [2.05, 4.69) is 15.6 Å². The number of nitrogens with one attached hydrogen (secondary N) is 2. The van der Waals surface area contributed by atoms with Crippen molar-refractivity contribution in [3.8, 4) is 0 Å². The van der Waals surface area contributed by atoms with Crippen molar-refractivity contribution in [2.75, 3.05) is 5.32 Å². The van der Waals surface area contributed by atoms with Gasteiger partial charge in [0.05, 0.1) is 23.5 Å². The monoisotopic (exact) mass is 399 g/mol. The number of nitrogens with zero attached hydrogens (tertiary/aromatic N) is 1. The summed E-state index contributed by atoms with van der Waals surface area (Å²) in [7, 11) is 0. The first-order valence-corrected chi connectivity index (χ1v) is 8.60. The van der Waals surface area contributed by atoms with E-state index < -0.39 is 17.6 Å². The molecule has 0 saturated heterocycles. The summed E-state index contributed by atoms with van der Waals surface area (Å²) < 4.78 is 39.1. The van der Waals surface area contributed by atoms with Crippen molar-refractivity contribution in [1.82, 2.24) is 10.3 Å². The second-order valence-electron chi connectivity index (χ2n) is 6.08. The van der Waals surface area contributed by atoms with Crippen LogP contribution < -0.4 is 10.6 Å². The first kappa shape index (κ1) is 20.1. The lowest BCUT2D eigenvalue weighted by Crippen LogP contribution is -2.23. The number of rotatable bonds is 5. The molecule has 2 N–H and O–H groups in total. The number of benzene rings is 2. The Bertz CT molecular complexity index is 1000. The average Bonchev–Trinajstić information content (AvgIpc) is 2.72. The number of halogens is 3. The number of carbonyl (C=O) groups is 2. The van der Waals surface area contributed by atoms with Crippen LogP contribution in [0.1, 0.15) is 32.0 Å². The molecule has 1 aromatic heterocycles. The lowest BCUT2D eigenvalue weighted by Gasteiger charge is -2.13. The maximum atomic E-state index is 13.0. The third-order valence-corrected chi connectivity index (χ3v) is 4.05. The van der Waals surface area contributed by atoms with Crippen molar-refractivity contribution in [1.29, 1.82) is 0 Å². The van der Waals surface area contributed by atoms with Gasteiger partial charge in [0.25, 0.3) is 11.8 Å². The molecule has 3 aromatic rings. The fraction of sp³-hybridized carbons (Fsp3) is 0.0952. The predicted molar refractivity (Wildman–Crippen MR) is 101 cm³/mol. The maximum absolute atomic E-state index is 13.0. The van der Waals surface area contributed by atoms with Gasteiger partial charge in [-0.2, -0.15) is 13.2 Å². The number of para-hydroxylation sites is 1. The SMILES string of the molecule is O=C(NCc1ccccn1)c1ccc(C(=O)Nc2ccccc2C(F)(F)F)cc1. The highest BCUT2D eigenvalue weighted by molar-refractivity contribution is 6.05. The Kier molecular flexibility index (Phi) is 5.92. The van der Waals surface area contributed by atoms with E-state index in [0.29, 0.717) is 11.3 Å². The van der Waals surface area contributed by atoms with E-state index in [0.717, 1.165) is 6.07 Å². The summed E-state index contributed by atoms with van der Waals surface area (Å²) in [5.74, 6) is -1.06. The zero-order valence-corrected chi connectivity index (χ0v) is 15.0. The molecule has 1 heterocycles. The summed E-state index contributed by atoms with van der Waals surface area (Å²) in [6.07, 6.45) is -2.97. The van der Waals surface area contributed by atoms with Crippen LogP contribution in [0, 0.1) is 0 Å². The van der Waals surface area contributed by atoms with Crippen LogP contribution in [0.5, 0.6) is 0 Å². The standard InChI is InChI=1S/C21H16F3N3O2/c22-21(23,24)17-6-1-2-7-18(17)27-20(29)15-10-8-14(9-11-15)19(28)26-13-16-5-3-4-12-25-16/h1-12H,13H2,(H,26,28)(H,27,29). The van der Waals surface area contributed by atoms with Crippen molar-refractivity contribution < 1.29 is 22.8 Å². The van der Waals surface area contributed by atoms with Gasteiger partial charge >= 0.3 is 6.18 Å². The highest BCUT2D eigenvalue weighted by atomic mass is 19.4. The van der Waals surface area contributed by atoms with E-state index >= 15 is 0 Å². The third-order valence-electron chi connectivity index (χ3n) is 4.05. The fourth-order valence-electron chi connectivity index (χ4n) is 2.58. The summed E-state index contributed by atoms with van der Waals surface area (Å²) in [6.45, 7) is 0.246. The van der Waals surface area contributed by atoms with Crippen LogP contribution in [0.4, 0.5) is 18.9 Å². The number of aromatic nitrogens is 1. The minimum atomic E-state index is -4.58. The van der Waals surface area contributed by atoms with Crippen LogP contribution in [0.15, 0.2) is 72.9 Å². The van der Waals surface area contributed by atoms with Gasteiger partial charge in [-0.25, -0.2) is 0 Å². The number of alkyl halides is 3. The molecule has 2 amide bonds. The summed E-state index contributed by atoms with van der Waals surface area (Å²) in [6, 6.07) is 15.7. The van der Waals surface area contributed by atoms with Crippen molar-refractivity contribution >= 4 is 17.5 Å². The lowest BCUT2D eigenvalue weighted by molar-refractivity contribution is -0.136. The molecular formula is C21H16F3N3O2. The number of amides is 2. The van der Waals surface area contributed by atoms with E-state index in [1.165, 1.54) is 42.5 Å². The summed E-state index contributed by atoms with van der Waals surface area (Å²) in [5.41, 5.74) is -0.127. The summed E-state index contributed by atoms with van der Waals surface area (Å²) in [5, 5.41) is 4.96. The van der Waals surface area contributed by atoms with E-state index in [9.17, 15) is 22.8 Å². The van der Waals surface area contributed by atoms with Gasteiger partial charge in [0.15, 0.2) is 0 Å². The molecule has 3 rings (SSSR count). The largest absolute Gasteiger partial charge is 0.418 e. The zero-order valence-electron chi connectivity index (χ0n) is 15.0. The van der Waals surface area contributed by atoms with Crippen LogP contribution in [-0.2, 0) is 12.7 Å². The molecule has 0 spiro atoms. The van der Waals surface area contributed by atoms with Crippen LogP contribution in [0.3, 0.4) is 0 Å². The van der Waals surface area contributed by atoms with Gasteiger partial charge in [-0.05, 0) is 48.5 Å². The molecular weight excluding hydrogens is 383 g/mol. The second-order valence-corrected chi connectivity index (χ2v) is 6.08. The molecule has 0 aliphatic heterocycles. The quantitative estimate of drug-likeness (QED) is 0.673. The Morgan fingerprint density at radius 1 is 0.828 bits per heavy atom. The number of pyridine rings is 1. The molecule has 8 heteroatoms. The van der Waals surface area contributed by atoms with Gasteiger partial charge in [-0.15, -0.1) is 0 Å². The second kappa shape index (κ2) is 8.55. The molecule has 0 unspecified atom stereocenters. The van der Waals surface area contributed by atoms with Crippen molar-refractivity contribution in [3.63, 3.8) is 0 Å². The number of hydrogen-bond acceptors (Lipinski definition) is 3. The highest BCUT2D eigenvalue weighted by Gasteiger charge is 2.33. The molecule has 0 bridgehead atoms. The molecule has 2 aromatic carbocycles. The molecule has 29 heavy (non-hydrogen) atoms. The molecule has 0 fully saturated rings. The Morgan fingerprint density at radius 2 is 1.45 bits per heavy atom. The van der Waals surface area contributed by atoms with Gasteiger partial charge in [0.1, 0.15) is 0 Å². The molecule has 0 aliphatic carbocycles. The molecule has 0 radical (unpaired) electrons. The van der Waals surface area contributed by atoms with E-state index in [1.54, 1.807) is 24.4 Å². The Morgan fingerprint density at radius 3 is 2.07 bits per heavy atom. The summed E-state index contributed by atoms with van der Waals surface area (Å²) >= 11 is 0. The Hall–Kier alpha value is -3.68. The molecule has 0 atom stereocenters. The Balaban J connectivity index is 1.66. The third kappa shape index (κ3) is 5.19. The van der Waals surface area contributed by atoms with E-state index in [4.69, 9.17) is 0 Å². The topological polar surface area (TPSA) is 71.1 Å². The number of anilines is 1. The van der Waals surface area contributed by atoms with Crippen LogP contribution in [0.25, 0.3) is 0 Å². The Labute approximate surface area is 164 Å². The van der Waals surface area contributed by atoms with Crippen LogP contribution >= 0.6 is 0 Å². The summed E-state index contributed by atoms with van der Waals surface area (Å²) in [4.78, 5) is 28.6. The van der Waals surface area contributed by atoms with E-state index in [1.807, 2.05) is 0 Å². The van der Waals surface area contributed by atoms with Gasteiger partial charge in [0.2, 0.25) is 0 Å². The minimum Gasteiger partial charge on any atom is -0.346 e. The number of hydrogen-bond donors (Lipinski definition) is 2. The molecule has 0 saturated carbocycles. The molecule has 5 nitrogen and oxygen atoms in total. The van der Waals surface area contributed by atoms with Crippen molar-refractivity contribution in [3.05, 3.63) is 95.3 Å². The normalized spacial score (nSPS) is 11.0. The average molecular weight is 399 g/mol. The van der Waals surface area contributed by atoms with Gasteiger partial charge in [-0.1, -0.05) is 18.2 Å². The maximum Gasteiger partial charge on any atom is 0.418 e. The van der Waals surface area contributed by atoms with Gasteiger partial charge < -0.3 is 10.6 Å². The fourth-order valence-corrected chi connectivity index (χ4v) is 2.58. The smallest absolute Gasteiger partial charge is 0.346 e. The molecule has 148 valence electrons. The van der Waals surface area contributed by atoms with Gasteiger partial charge in [-0.3, -0.25) is 14.6 Å². The minimum absolute atomic E-state index is 0.128. The first-order chi connectivity index (χ1) is 13.8. The number of carbonyl (C=O) groups excluding carboxylic acids is 2. The van der Waals surface area contributed by atoms with Gasteiger partial charge in [0, 0.05) is 17.3 Å². The van der Waals surface area contributed by atoms with Crippen molar-refractivity contribution in [2.45, 2.75) is 12.7 Å². The highest BCUT2D eigenvalue weighted by Crippen LogP contribution is 2.34. The van der Waals surface area contributed by atoms with Crippen LogP contribution in [0.2, 0.25) is 0 Å². The predicted octanol–water partition coefficient (Wildman–Crippen LogP) is 4.28. The van der Waals surface area contributed by atoms with Crippen LogP contribution in [-0.4, -0.2) is 16.8 Å². The zero-order chi connectivity index (χ0) is 20.9. The first-order valence-electron chi connectivity index (χ1n) is 8.60. The van der Waals surface area contributed by atoms with Crippen molar-refractivity contribution in [2.24, 2.45) is 0 Å². The van der Waals surface area contributed by atoms with E-state index in [-0.39, 0.29) is 23.7 Å². The lowest BCUT2D eigenvalue weighted by atomic mass is 10.1. The molecule has 0 aliphatic rings.